The Morgan fingerprint density at radius 2 is 1.76 bits per heavy atom. The number of barbiturate groups is 1. The van der Waals surface area contributed by atoms with E-state index in [9.17, 15) is 23.6 Å². The number of nitrogens with one attached hydrogen (secondary N) is 2. The van der Waals surface area contributed by atoms with E-state index in [1.807, 2.05) is 26.0 Å². The number of nitrogens with zero attached hydrogens (tertiary/aromatic N) is 1. The van der Waals surface area contributed by atoms with Crippen molar-refractivity contribution in [3.63, 3.8) is 0 Å². The fourth-order valence-electron chi connectivity index (χ4n) is 3.53. The van der Waals surface area contributed by atoms with Crippen LogP contribution < -0.4 is 20.3 Å². The number of ether oxygens (including phenoxy) is 1. The van der Waals surface area contributed by atoms with Crippen molar-refractivity contribution in [1.29, 1.82) is 0 Å². The first-order valence-corrected chi connectivity index (χ1v) is 11.5. The average molecular weight is 522 g/mol. The highest BCUT2D eigenvalue weighted by atomic mass is 35.5. The van der Waals surface area contributed by atoms with Gasteiger partial charge in [-0.1, -0.05) is 23.7 Å². The van der Waals surface area contributed by atoms with Crippen molar-refractivity contribution in [2.45, 2.75) is 13.8 Å². The van der Waals surface area contributed by atoms with Crippen LogP contribution in [0.15, 0.2) is 66.2 Å². The highest BCUT2D eigenvalue weighted by Gasteiger charge is 2.36. The Hall–Kier alpha value is -4.50. The lowest BCUT2D eigenvalue weighted by Gasteiger charge is -2.26. The summed E-state index contributed by atoms with van der Waals surface area (Å²) >= 11 is 6.29. The molecule has 0 aromatic heterocycles. The Morgan fingerprint density at radius 1 is 1.03 bits per heavy atom. The van der Waals surface area contributed by atoms with E-state index >= 15 is 0 Å². The molecule has 1 fully saturated rings. The largest absolute Gasteiger partial charge is 0.482 e. The SMILES string of the molecule is Cc1ccc(NC(=O)COc2ccc(/C=C3\C(=O)NC(=O)N(c4ccc(F)cc4)C3=O)cc2Cl)cc1C. The third-order valence-electron chi connectivity index (χ3n) is 5.60. The van der Waals surface area contributed by atoms with Crippen LogP contribution in [0.2, 0.25) is 5.02 Å². The smallest absolute Gasteiger partial charge is 0.335 e. The molecule has 1 aliphatic rings. The van der Waals surface area contributed by atoms with Crippen LogP contribution in [0.3, 0.4) is 0 Å². The summed E-state index contributed by atoms with van der Waals surface area (Å²) in [6, 6.07) is 13.8. The van der Waals surface area contributed by atoms with Gasteiger partial charge in [0.15, 0.2) is 6.61 Å². The van der Waals surface area contributed by atoms with Crippen molar-refractivity contribution < 1.29 is 28.3 Å². The predicted molar refractivity (Wildman–Crippen MR) is 137 cm³/mol. The van der Waals surface area contributed by atoms with Crippen LogP contribution in [0.4, 0.5) is 20.6 Å². The topological polar surface area (TPSA) is 105 Å². The maximum Gasteiger partial charge on any atom is 0.335 e. The van der Waals surface area contributed by atoms with Crippen LogP contribution in [0.25, 0.3) is 6.08 Å². The molecule has 0 unspecified atom stereocenters. The van der Waals surface area contributed by atoms with E-state index in [0.717, 1.165) is 28.2 Å². The fraction of sp³-hybridized carbons (Fsp3) is 0.111. The molecule has 188 valence electrons. The quantitative estimate of drug-likeness (QED) is 0.359. The van der Waals surface area contributed by atoms with Gasteiger partial charge in [0.25, 0.3) is 17.7 Å². The Labute approximate surface area is 216 Å². The van der Waals surface area contributed by atoms with Crippen molar-refractivity contribution in [2.24, 2.45) is 0 Å². The molecule has 0 bridgehead atoms. The van der Waals surface area contributed by atoms with E-state index in [1.54, 1.807) is 6.07 Å². The van der Waals surface area contributed by atoms with Crippen molar-refractivity contribution >= 4 is 52.8 Å². The molecule has 0 radical (unpaired) electrons. The van der Waals surface area contributed by atoms with E-state index in [-0.39, 0.29) is 34.5 Å². The molecule has 3 aromatic carbocycles. The van der Waals surface area contributed by atoms with E-state index in [1.165, 1.54) is 36.4 Å². The Morgan fingerprint density at radius 3 is 2.43 bits per heavy atom. The van der Waals surface area contributed by atoms with Crippen molar-refractivity contribution in [2.75, 3.05) is 16.8 Å². The highest BCUT2D eigenvalue weighted by Crippen LogP contribution is 2.28. The summed E-state index contributed by atoms with van der Waals surface area (Å²) in [5.74, 6) is -2.45. The summed E-state index contributed by atoms with van der Waals surface area (Å²) in [5, 5.41) is 4.98. The number of benzene rings is 3. The zero-order valence-corrected chi connectivity index (χ0v) is 20.6. The number of urea groups is 1. The minimum atomic E-state index is -0.945. The normalized spacial score (nSPS) is 14.5. The number of carbonyl (C=O) groups excluding carboxylic acids is 4. The molecule has 0 aliphatic carbocycles. The number of anilines is 2. The van der Waals surface area contributed by atoms with Gasteiger partial charge in [-0.15, -0.1) is 0 Å². The molecule has 1 heterocycles. The van der Waals surface area contributed by atoms with Crippen molar-refractivity contribution in [3.05, 3.63) is 93.8 Å². The maximum absolute atomic E-state index is 13.3. The van der Waals surface area contributed by atoms with Gasteiger partial charge in [-0.25, -0.2) is 14.1 Å². The second kappa shape index (κ2) is 10.6. The zero-order chi connectivity index (χ0) is 26.7. The summed E-state index contributed by atoms with van der Waals surface area (Å²) in [5.41, 5.74) is 2.96. The number of aryl methyl sites for hydroxylation is 2. The van der Waals surface area contributed by atoms with Crippen LogP contribution in [0, 0.1) is 19.7 Å². The average Bonchev–Trinajstić information content (AvgIpc) is 2.84. The molecule has 4 rings (SSSR count). The first-order chi connectivity index (χ1) is 17.6. The molecule has 10 heteroatoms. The Kier molecular flexibility index (Phi) is 7.35. The van der Waals surface area contributed by atoms with E-state index in [2.05, 4.69) is 10.6 Å². The number of hydrogen-bond donors (Lipinski definition) is 2. The summed E-state index contributed by atoms with van der Waals surface area (Å²) in [7, 11) is 0. The van der Waals surface area contributed by atoms with Gasteiger partial charge in [-0.05, 0) is 85.1 Å². The second-order valence-corrected chi connectivity index (χ2v) is 8.67. The Balaban J connectivity index is 1.46. The Bertz CT molecular complexity index is 1450. The van der Waals surface area contributed by atoms with Gasteiger partial charge in [0.1, 0.15) is 17.1 Å². The highest BCUT2D eigenvalue weighted by molar-refractivity contribution is 6.39. The minimum Gasteiger partial charge on any atom is -0.482 e. The van der Waals surface area contributed by atoms with Crippen LogP contribution >= 0.6 is 11.6 Å². The van der Waals surface area contributed by atoms with E-state index < -0.39 is 23.7 Å². The van der Waals surface area contributed by atoms with Crippen molar-refractivity contribution in [1.82, 2.24) is 5.32 Å². The molecule has 0 saturated carbocycles. The zero-order valence-electron chi connectivity index (χ0n) is 19.8. The summed E-state index contributed by atoms with van der Waals surface area (Å²) < 4.78 is 18.8. The van der Waals surface area contributed by atoms with Gasteiger partial charge in [-0.3, -0.25) is 19.7 Å². The standard InChI is InChI=1S/C27H21ClFN3O5/c1-15-3-7-19(11-16(15)2)30-24(33)14-37-23-10-4-17(13-22(23)28)12-21-25(34)31-27(36)32(26(21)35)20-8-5-18(29)6-9-20/h3-13H,14H2,1-2H3,(H,30,33)(H,31,34,36)/b21-12+. The van der Waals surface area contributed by atoms with Gasteiger partial charge in [0.05, 0.1) is 10.7 Å². The predicted octanol–water partition coefficient (Wildman–Crippen LogP) is 4.78. The molecular weight excluding hydrogens is 501 g/mol. The third kappa shape index (κ3) is 5.84. The molecule has 8 nitrogen and oxygen atoms in total. The number of rotatable bonds is 6. The van der Waals surface area contributed by atoms with Gasteiger partial charge in [0, 0.05) is 5.69 Å². The van der Waals surface area contributed by atoms with E-state index in [4.69, 9.17) is 16.3 Å². The molecule has 2 N–H and O–H groups in total. The summed E-state index contributed by atoms with van der Waals surface area (Å²) in [6.07, 6.45) is 1.27. The molecule has 0 atom stereocenters. The number of imide groups is 2. The first kappa shape index (κ1) is 25.6. The number of halogens is 2. The van der Waals surface area contributed by atoms with Crippen LogP contribution in [-0.4, -0.2) is 30.4 Å². The first-order valence-electron chi connectivity index (χ1n) is 11.1. The lowest BCUT2D eigenvalue weighted by Crippen LogP contribution is -2.54. The monoisotopic (exact) mass is 521 g/mol. The molecular formula is C27H21ClFN3O5. The minimum absolute atomic E-state index is 0.100. The molecule has 1 aliphatic heterocycles. The van der Waals surface area contributed by atoms with Crippen LogP contribution in [-0.2, 0) is 14.4 Å². The number of amides is 5. The van der Waals surface area contributed by atoms with Crippen LogP contribution in [0.1, 0.15) is 16.7 Å². The second-order valence-electron chi connectivity index (χ2n) is 8.26. The maximum atomic E-state index is 13.3. The molecule has 0 spiro atoms. The van der Waals surface area contributed by atoms with Crippen LogP contribution in [0.5, 0.6) is 5.75 Å². The molecule has 5 amide bonds. The lowest BCUT2D eigenvalue weighted by molar-refractivity contribution is -0.122. The molecule has 3 aromatic rings. The molecule has 1 saturated heterocycles. The number of hydrogen-bond acceptors (Lipinski definition) is 5. The van der Waals surface area contributed by atoms with E-state index in [0.29, 0.717) is 11.3 Å². The lowest BCUT2D eigenvalue weighted by atomic mass is 10.1. The van der Waals surface area contributed by atoms with Gasteiger partial charge >= 0.3 is 6.03 Å². The fourth-order valence-corrected chi connectivity index (χ4v) is 3.78. The third-order valence-corrected chi connectivity index (χ3v) is 5.90. The van der Waals surface area contributed by atoms with Gasteiger partial charge < -0.3 is 10.1 Å². The molecule has 37 heavy (non-hydrogen) atoms. The summed E-state index contributed by atoms with van der Waals surface area (Å²) in [6.45, 7) is 3.63. The van der Waals surface area contributed by atoms with Gasteiger partial charge in [0.2, 0.25) is 0 Å². The van der Waals surface area contributed by atoms with Crippen molar-refractivity contribution in [3.8, 4) is 5.75 Å². The summed E-state index contributed by atoms with van der Waals surface area (Å²) in [4.78, 5) is 50.5. The number of carbonyl (C=O) groups is 4. The van der Waals surface area contributed by atoms with Gasteiger partial charge in [-0.2, -0.15) is 0 Å².